The number of carbonyl (C=O) groups excluding carboxylic acids is 1. The van der Waals surface area contributed by atoms with Crippen LogP contribution < -0.4 is 10.1 Å². The van der Waals surface area contributed by atoms with Crippen molar-refractivity contribution in [3.05, 3.63) is 29.3 Å². The Balaban J connectivity index is 2.18. The van der Waals surface area contributed by atoms with Gasteiger partial charge < -0.3 is 14.8 Å². The van der Waals surface area contributed by atoms with Crippen molar-refractivity contribution in [3.8, 4) is 5.75 Å². The molecular weight excluding hydrogens is 230 g/mol. The Morgan fingerprint density at radius 3 is 3.06 bits per heavy atom. The fourth-order valence-electron chi connectivity index (χ4n) is 2.37. The number of rotatable bonds is 3. The third-order valence-corrected chi connectivity index (χ3v) is 3.23. The molecule has 0 saturated heterocycles. The van der Waals surface area contributed by atoms with Gasteiger partial charge in [-0.2, -0.15) is 0 Å². The Kier molecular flexibility index (Phi) is 4.07. The zero-order valence-corrected chi connectivity index (χ0v) is 10.9. The van der Waals surface area contributed by atoms with Crippen LogP contribution in [0.2, 0.25) is 0 Å². The second-order valence-electron chi connectivity index (χ2n) is 4.37. The molecule has 1 aliphatic rings. The Labute approximate surface area is 107 Å². The molecule has 4 nitrogen and oxygen atoms in total. The lowest BCUT2D eigenvalue weighted by atomic mass is 9.87. The quantitative estimate of drug-likeness (QED) is 0.896. The third kappa shape index (κ3) is 2.75. The molecule has 1 atom stereocenters. The van der Waals surface area contributed by atoms with Crippen molar-refractivity contribution in [1.82, 2.24) is 5.32 Å². The number of hydrogen-bond donors (Lipinski definition) is 1. The SMILES string of the molecule is CCOC(=O)NC1CCCc2ccc(OC)cc21. The van der Waals surface area contributed by atoms with E-state index in [0.29, 0.717) is 6.61 Å². The zero-order valence-electron chi connectivity index (χ0n) is 10.9. The fraction of sp³-hybridized carbons (Fsp3) is 0.500. The molecule has 0 aromatic heterocycles. The molecule has 0 radical (unpaired) electrons. The minimum atomic E-state index is -0.349. The average Bonchev–Trinajstić information content (AvgIpc) is 2.39. The number of amides is 1. The van der Waals surface area contributed by atoms with Gasteiger partial charge in [0.15, 0.2) is 0 Å². The van der Waals surface area contributed by atoms with E-state index >= 15 is 0 Å². The van der Waals surface area contributed by atoms with Crippen molar-refractivity contribution < 1.29 is 14.3 Å². The molecule has 0 fully saturated rings. The van der Waals surface area contributed by atoms with Gasteiger partial charge in [-0.25, -0.2) is 4.79 Å². The normalized spacial score (nSPS) is 17.8. The van der Waals surface area contributed by atoms with Gasteiger partial charge >= 0.3 is 6.09 Å². The zero-order chi connectivity index (χ0) is 13.0. The number of methoxy groups -OCH3 is 1. The van der Waals surface area contributed by atoms with Crippen LogP contribution >= 0.6 is 0 Å². The van der Waals surface area contributed by atoms with Gasteiger partial charge in [-0.05, 0) is 49.4 Å². The van der Waals surface area contributed by atoms with E-state index in [1.165, 1.54) is 5.56 Å². The molecule has 4 heteroatoms. The molecule has 2 rings (SSSR count). The van der Waals surface area contributed by atoms with Crippen molar-refractivity contribution in [1.29, 1.82) is 0 Å². The topological polar surface area (TPSA) is 47.6 Å². The number of ether oxygens (including phenoxy) is 2. The third-order valence-electron chi connectivity index (χ3n) is 3.23. The van der Waals surface area contributed by atoms with Crippen molar-refractivity contribution in [2.75, 3.05) is 13.7 Å². The molecule has 1 aromatic carbocycles. The van der Waals surface area contributed by atoms with Gasteiger partial charge in [-0.15, -0.1) is 0 Å². The van der Waals surface area contributed by atoms with Crippen LogP contribution in [-0.2, 0) is 11.2 Å². The molecule has 1 unspecified atom stereocenters. The molecule has 0 bridgehead atoms. The summed E-state index contributed by atoms with van der Waals surface area (Å²) in [6, 6.07) is 6.08. The molecule has 0 heterocycles. The first-order valence-electron chi connectivity index (χ1n) is 6.34. The standard InChI is InChI=1S/C14H19NO3/c1-3-18-14(16)15-13-6-4-5-10-7-8-11(17-2)9-12(10)13/h7-9,13H,3-6H2,1-2H3,(H,15,16). The maximum atomic E-state index is 11.5. The molecule has 0 saturated carbocycles. The molecule has 18 heavy (non-hydrogen) atoms. The van der Waals surface area contributed by atoms with Crippen LogP contribution in [0.3, 0.4) is 0 Å². The minimum Gasteiger partial charge on any atom is -0.497 e. The number of fused-ring (bicyclic) bond motifs is 1. The average molecular weight is 249 g/mol. The van der Waals surface area contributed by atoms with Crippen LogP contribution in [-0.4, -0.2) is 19.8 Å². The van der Waals surface area contributed by atoms with E-state index in [9.17, 15) is 4.79 Å². The van der Waals surface area contributed by atoms with Crippen molar-refractivity contribution in [2.24, 2.45) is 0 Å². The number of aryl methyl sites for hydroxylation is 1. The van der Waals surface area contributed by atoms with Gasteiger partial charge in [0.2, 0.25) is 0 Å². The molecule has 1 aromatic rings. The van der Waals surface area contributed by atoms with Gasteiger partial charge in [-0.3, -0.25) is 0 Å². The first-order chi connectivity index (χ1) is 8.74. The summed E-state index contributed by atoms with van der Waals surface area (Å²) in [5, 5.41) is 2.91. The number of hydrogen-bond acceptors (Lipinski definition) is 3. The van der Waals surface area contributed by atoms with Crippen LogP contribution in [0.4, 0.5) is 4.79 Å². The maximum Gasteiger partial charge on any atom is 0.407 e. The second-order valence-corrected chi connectivity index (χ2v) is 4.37. The lowest BCUT2D eigenvalue weighted by Gasteiger charge is -2.26. The van der Waals surface area contributed by atoms with Crippen LogP contribution in [0.1, 0.15) is 36.9 Å². The fourth-order valence-corrected chi connectivity index (χ4v) is 2.37. The van der Waals surface area contributed by atoms with E-state index in [-0.39, 0.29) is 12.1 Å². The van der Waals surface area contributed by atoms with Crippen LogP contribution in [0, 0.1) is 0 Å². The molecule has 1 aliphatic carbocycles. The highest BCUT2D eigenvalue weighted by atomic mass is 16.5. The molecule has 1 N–H and O–H groups in total. The summed E-state index contributed by atoms with van der Waals surface area (Å²) < 4.78 is 10.2. The molecule has 0 aliphatic heterocycles. The predicted molar refractivity (Wildman–Crippen MR) is 68.8 cm³/mol. The smallest absolute Gasteiger partial charge is 0.407 e. The second kappa shape index (κ2) is 5.76. The number of nitrogens with one attached hydrogen (secondary N) is 1. The van der Waals surface area contributed by atoms with E-state index < -0.39 is 0 Å². The first-order valence-corrected chi connectivity index (χ1v) is 6.34. The largest absolute Gasteiger partial charge is 0.497 e. The van der Waals surface area contributed by atoms with Gasteiger partial charge in [0, 0.05) is 0 Å². The number of carbonyl (C=O) groups is 1. The molecule has 98 valence electrons. The summed E-state index contributed by atoms with van der Waals surface area (Å²) in [5.74, 6) is 0.825. The van der Waals surface area contributed by atoms with Crippen molar-refractivity contribution >= 4 is 6.09 Å². The Bertz CT molecular complexity index is 431. The highest BCUT2D eigenvalue weighted by Gasteiger charge is 2.22. The van der Waals surface area contributed by atoms with E-state index in [1.54, 1.807) is 14.0 Å². The molecular formula is C14H19NO3. The number of benzene rings is 1. The lowest BCUT2D eigenvalue weighted by molar-refractivity contribution is 0.147. The highest BCUT2D eigenvalue weighted by molar-refractivity contribution is 5.68. The maximum absolute atomic E-state index is 11.5. The highest BCUT2D eigenvalue weighted by Crippen LogP contribution is 2.32. The monoisotopic (exact) mass is 249 g/mol. The van der Waals surface area contributed by atoms with E-state index in [2.05, 4.69) is 11.4 Å². The molecule has 0 spiro atoms. The van der Waals surface area contributed by atoms with Gasteiger partial charge in [0.05, 0.1) is 19.8 Å². The van der Waals surface area contributed by atoms with Gasteiger partial charge in [-0.1, -0.05) is 6.07 Å². The molecule has 1 amide bonds. The Hall–Kier alpha value is -1.71. The summed E-state index contributed by atoms with van der Waals surface area (Å²) in [7, 11) is 1.65. The summed E-state index contributed by atoms with van der Waals surface area (Å²) in [6.07, 6.45) is 2.73. The number of alkyl carbamates (subject to hydrolysis) is 1. The minimum absolute atomic E-state index is 0.0305. The van der Waals surface area contributed by atoms with Crippen LogP contribution in [0.15, 0.2) is 18.2 Å². The van der Waals surface area contributed by atoms with E-state index in [0.717, 1.165) is 30.6 Å². The summed E-state index contributed by atoms with van der Waals surface area (Å²) in [4.78, 5) is 11.5. The Morgan fingerprint density at radius 2 is 2.33 bits per heavy atom. The first kappa shape index (κ1) is 12.7. The van der Waals surface area contributed by atoms with Crippen LogP contribution in [0.25, 0.3) is 0 Å². The van der Waals surface area contributed by atoms with E-state index in [1.807, 2.05) is 12.1 Å². The Morgan fingerprint density at radius 1 is 1.50 bits per heavy atom. The van der Waals surface area contributed by atoms with Gasteiger partial charge in [0.25, 0.3) is 0 Å². The van der Waals surface area contributed by atoms with Gasteiger partial charge in [0.1, 0.15) is 5.75 Å². The summed E-state index contributed by atoms with van der Waals surface area (Å²) >= 11 is 0. The van der Waals surface area contributed by atoms with E-state index in [4.69, 9.17) is 9.47 Å². The predicted octanol–water partition coefficient (Wildman–Crippen LogP) is 2.82. The summed E-state index contributed by atoms with van der Waals surface area (Å²) in [6.45, 7) is 2.20. The van der Waals surface area contributed by atoms with Crippen molar-refractivity contribution in [3.63, 3.8) is 0 Å². The summed E-state index contributed by atoms with van der Waals surface area (Å²) in [5.41, 5.74) is 2.43. The lowest BCUT2D eigenvalue weighted by Crippen LogP contribution is -2.31. The van der Waals surface area contributed by atoms with Crippen LogP contribution in [0.5, 0.6) is 5.75 Å². The van der Waals surface area contributed by atoms with Crippen molar-refractivity contribution in [2.45, 2.75) is 32.2 Å².